The molecule has 0 bridgehead atoms. The molecule has 0 aromatic heterocycles. The number of ether oxygens (including phenoxy) is 3. The number of nitrogens with zero attached hydrogens (tertiary/aromatic N) is 2. The van der Waals surface area contributed by atoms with E-state index in [1.807, 2.05) is 6.92 Å². The number of hydrogen-bond donors (Lipinski definition) is 5. The normalized spacial score (nSPS) is 27.9. The fourth-order valence-corrected chi connectivity index (χ4v) is 10.3. The smallest absolute Gasteiger partial charge is 0.332 e. The van der Waals surface area contributed by atoms with Gasteiger partial charge in [0.25, 0.3) is 0 Å². The highest BCUT2D eigenvalue weighted by atomic mass is 16.6. The molecule has 3 rings (SSSR count). The van der Waals surface area contributed by atoms with E-state index < -0.39 is 6.04 Å². The predicted octanol–water partition coefficient (Wildman–Crippen LogP) is 5.81. The molecule has 12 heteroatoms. The van der Waals surface area contributed by atoms with Crippen LogP contribution in [0.1, 0.15) is 132 Å². The van der Waals surface area contributed by atoms with E-state index in [4.69, 9.17) is 37.1 Å². The summed E-state index contributed by atoms with van der Waals surface area (Å²) in [5, 5.41) is 2.79. The van der Waals surface area contributed by atoms with Crippen molar-refractivity contribution in [2.75, 3.05) is 39.5 Å². The average molecular weight is 760 g/mol. The summed E-state index contributed by atoms with van der Waals surface area (Å²) >= 11 is 0. The molecule has 0 aromatic carbocycles. The second-order valence-electron chi connectivity index (χ2n) is 17.6. The minimum Gasteiger partial charge on any atom is -0.461 e. The van der Waals surface area contributed by atoms with E-state index >= 15 is 0 Å². The number of esters is 1. The summed E-state index contributed by atoms with van der Waals surface area (Å²) in [5.41, 5.74) is 23.8. The van der Waals surface area contributed by atoms with Crippen molar-refractivity contribution in [3.8, 4) is 0 Å². The highest BCUT2D eigenvalue weighted by Gasteiger charge is 2.58. The fraction of sp³-hybridized carbons (Fsp3) is 0.857. The second-order valence-corrected chi connectivity index (χ2v) is 17.6. The summed E-state index contributed by atoms with van der Waals surface area (Å²) < 4.78 is 16.9. The molecule has 2 saturated carbocycles. The molecule has 0 aliphatic heterocycles. The molecule has 0 saturated heterocycles. The minimum atomic E-state index is -0.699. The van der Waals surface area contributed by atoms with Crippen molar-refractivity contribution >= 4 is 23.8 Å². The summed E-state index contributed by atoms with van der Waals surface area (Å²) in [6.07, 6.45) is 16.9. The maximum Gasteiger partial charge on any atom is 0.332 e. The van der Waals surface area contributed by atoms with E-state index in [2.05, 4.69) is 62.9 Å². The van der Waals surface area contributed by atoms with Crippen molar-refractivity contribution in [1.29, 1.82) is 0 Å². The minimum absolute atomic E-state index is 0.0365. The number of allylic oxidation sites excluding steroid dienone is 2. The van der Waals surface area contributed by atoms with Crippen LogP contribution >= 0.6 is 0 Å². The Balaban J connectivity index is 1.34. The lowest BCUT2D eigenvalue weighted by atomic mass is 9.48. The first-order valence-electron chi connectivity index (χ1n) is 21.0. The Kier molecular flexibility index (Phi) is 18.6. The zero-order valence-corrected chi connectivity index (χ0v) is 34.9. The van der Waals surface area contributed by atoms with Crippen LogP contribution in [0.4, 0.5) is 0 Å². The molecule has 0 spiro atoms. The first-order valence-corrected chi connectivity index (χ1v) is 21.0. The van der Waals surface area contributed by atoms with E-state index in [0.29, 0.717) is 37.1 Å². The number of unbranched alkanes of at least 4 members (excludes halogenated alkanes) is 1. The van der Waals surface area contributed by atoms with Gasteiger partial charge in [0.05, 0.1) is 25.9 Å². The largest absolute Gasteiger partial charge is 0.461 e. The van der Waals surface area contributed by atoms with Gasteiger partial charge in [0.15, 0.2) is 11.9 Å². The molecule has 3 aliphatic carbocycles. The summed E-state index contributed by atoms with van der Waals surface area (Å²) in [7, 11) is 0. The maximum atomic E-state index is 12.6. The standard InChI is InChI=1S/C42H77N7O5/c1-28(2)11-10-12-29(3)33-16-17-34-32-15-14-30(4)41(6,35(32)19-21-42(33,34)7)20-18-31(5)54-37(50)27-53-26-25-52-24-23-47-38(51)36(49-40(45)46)13-8-9-22-48-39(43)44/h14,28-29,31-36H,8-13,15-27H2,1-7H3,(H,47,51)(H4,43,44,48)(H4,45,46,49). The van der Waals surface area contributed by atoms with Crippen LogP contribution in [0.2, 0.25) is 0 Å². The van der Waals surface area contributed by atoms with Crippen molar-refractivity contribution < 1.29 is 23.8 Å². The van der Waals surface area contributed by atoms with Crippen LogP contribution in [0.5, 0.6) is 0 Å². The Morgan fingerprint density at radius 1 is 0.889 bits per heavy atom. The highest BCUT2D eigenvalue weighted by molar-refractivity contribution is 5.86. The lowest BCUT2D eigenvalue weighted by Crippen LogP contribution is -2.49. The maximum absolute atomic E-state index is 12.6. The van der Waals surface area contributed by atoms with E-state index in [-0.39, 0.29) is 68.3 Å². The molecular weight excluding hydrogens is 683 g/mol. The highest BCUT2D eigenvalue weighted by Crippen LogP contribution is 2.66. The fourth-order valence-electron chi connectivity index (χ4n) is 10.3. The van der Waals surface area contributed by atoms with Gasteiger partial charge in [-0.3, -0.25) is 9.79 Å². The summed E-state index contributed by atoms with van der Waals surface area (Å²) in [6, 6.07) is -0.699. The van der Waals surface area contributed by atoms with Crippen LogP contribution in [-0.4, -0.2) is 75.5 Å². The quantitative estimate of drug-likeness (QED) is 0.0265. The molecule has 9 atom stereocenters. The molecule has 310 valence electrons. The Hall–Kier alpha value is -2.86. The number of carbonyl (C=O) groups is 2. The van der Waals surface area contributed by atoms with Crippen molar-refractivity contribution in [2.45, 2.75) is 144 Å². The number of aliphatic imine (C=N–C) groups is 2. The number of rotatable bonds is 24. The third-order valence-electron chi connectivity index (χ3n) is 13.4. The average Bonchev–Trinajstić information content (AvgIpc) is 3.46. The SMILES string of the molecule is CC1=CCC2C(CCC3(C)C(C(C)CCCC(C)C)CCC23)C1(C)CCC(C)OC(=O)COCCOCCNC(=O)C(CCCCN=C(N)N)N=C(N)N. The predicted molar refractivity (Wildman–Crippen MR) is 218 cm³/mol. The van der Waals surface area contributed by atoms with Gasteiger partial charge in [-0.25, -0.2) is 9.79 Å². The molecule has 9 N–H and O–H groups in total. The molecular formula is C42H77N7O5. The van der Waals surface area contributed by atoms with Gasteiger partial charge < -0.3 is 42.5 Å². The Morgan fingerprint density at radius 2 is 1.63 bits per heavy atom. The van der Waals surface area contributed by atoms with Crippen LogP contribution in [0.15, 0.2) is 21.6 Å². The number of nitrogens with two attached hydrogens (primary N) is 4. The van der Waals surface area contributed by atoms with Crippen LogP contribution in [-0.2, 0) is 23.8 Å². The lowest BCUT2D eigenvalue weighted by molar-refractivity contribution is -0.154. The molecule has 12 nitrogen and oxygen atoms in total. The third-order valence-corrected chi connectivity index (χ3v) is 13.4. The van der Waals surface area contributed by atoms with Gasteiger partial charge in [-0.1, -0.05) is 65.5 Å². The Labute approximate surface area is 326 Å². The first-order chi connectivity index (χ1) is 25.6. The zero-order chi connectivity index (χ0) is 39.9. The van der Waals surface area contributed by atoms with Gasteiger partial charge in [0, 0.05) is 13.1 Å². The van der Waals surface area contributed by atoms with Gasteiger partial charge in [-0.2, -0.15) is 0 Å². The molecule has 0 aromatic rings. The monoisotopic (exact) mass is 760 g/mol. The second kappa shape index (κ2) is 22.0. The van der Waals surface area contributed by atoms with Crippen molar-refractivity contribution in [3.05, 3.63) is 11.6 Å². The third kappa shape index (κ3) is 13.4. The number of guanidine groups is 2. The number of amides is 1. The van der Waals surface area contributed by atoms with E-state index in [9.17, 15) is 9.59 Å². The molecule has 2 fully saturated rings. The van der Waals surface area contributed by atoms with Gasteiger partial charge >= 0.3 is 5.97 Å². The van der Waals surface area contributed by atoms with Gasteiger partial charge in [0.2, 0.25) is 5.91 Å². The Bertz CT molecular complexity index is 1270. The van der Waals surface area contributed by atoms with Gasteiger partial charge in [-0.15, -0.1) is 0 Å². The summed E-state index contributed by atoms with van der Waals surface area (Å²) in [5.74, 6) is 4.00. The molecule has 9 unspecified atom stereocenters. The van der Waals surface area contributed by atoms with Crippen LogP contribution < -0.4 is 28.3 Å². The van der Waals surface area contributed by atoms with Crippen molar-refractivity contribution in [1.82, 2.24) is 5.32 Å². The number of nitrogens with one attached hydrogen (secondary N) is 1. The van der Waals surface area contributed by atoms with E-state index in [1.165, 1.54) is 56.9 Å². The number of carbonyl (C=O) groups excluding carboxylic acids is 2. The van der Waals surface area contributed by atoms with E-state index in [0.717, 1.165) is 42.4 Å². The lowest BCUT2D eigenvalue weighted by Gasteiger charge is -2.57. The molecule has 1 amide bonds. The van der Waals surface area contributed by atoms with Gasteiger partial charge in [-0.05, 0) is 124 Å². The summed E-state index contributed by atoms with van der Waals surface area (Å²) in [4.78, 5) is 33.2. The van der Waals surface area contributed by atoms with Crippen LogP contribution in [0, 0.1) is 46.3 Å². The Morgan fingerprint density at radius 3 is 2.33 bits per heavy atom. The molecule has 3 aliphatic rings. The summed E-state index contributed by atoms with van der Waals surface area (Å²) in [6.45, 7) is 18.2. The van der Waals surface area contributed by atoms with Crippen molar-refractivity contribution in [3.63, 3.8) is 0 Å². The van der Waals surface area contributed by atoms with Gasteiger partial charge in [0.1, 0.15) is 12.6 Å². The first kappa shape index (κ1) is 45.5. The molecule has 0 heterocycles. The zero-order valence-electron chi connectivity index (χ0n) is 34.9. The van der Waals surface area contributed by atoms with Crippen LogP contribution in [0.3, 0.4) is 0 Å². The van der Waals surface area contributed by atoms with E-state index in [1.54, 1.807) is 0 Å². The molecule has 54 heavy (non-hydrogen) atoms. The number of hydrogen-bond acceptors (Lipinski definition) is 7. The van der Waals surface area contributed by atoms with Crippen molar-refractivity contribution in [2.24, 2.45) is 79.3 Å². The van der Waals surface area contributed by atoms with Crippen LogP contribution in [0.25, 0.3) is 0 Å². The molecule has 0 radical (unpaired) electrons. The number of fused-ring (bicyclic) bond motifs is 3. The topological polar surface area (TPSA) is 203 Å².